The number of likely N-dealkylation sites (tertiary alicyclic amines) is 1. The molecule has 1 aliphatic carbocycles. The second-order valence-corrected chi connectivity index (χ2v) is 6.31. The lowest BCUT2D eigenvalue weighted by Crippen LogP contribution is -2.31. The van der Waals surface area contributed by atoms with Crippen LogP contribution in [0.2, 0.25) is 0 Å². The van der Waals surface area contributed by atoms with Gasteiger partial charge in [-0.2, -0.15) is 5.26 Å². The Morgan fingerprint density at radius 2 is 2.09 bits per heavy atom. The first kappa shape index (κ1) is 13.5. The molecule has 114 valence electrons. The zero-order valence-electron chi connectivity index (χ0n) is 12.4. The Bertz CT molecular complexity index is 731. The molecule has 0 amide bonds. The molecule has 2 fully saturated rings. The third-order valence-electron chi connectivity index (χ3n) is 5.08. The average Bonchev–Trinajstić information content (AvgIpc) is 3.25. The van der Waals surface area contributed by atoms with Crippen LogP contribution in [0.25, 0.3) is 11.2 Å². The fourth-order valence-corrected chi connectivity index (χ4v) is 3.87. The fraction of sp³-hybridized carbons (Fsp3) is 0.600. The van der Waals surface area contributed by atoms with Gasteiger partial charge in [-0.05, 0) is 25.7 Å². The molecule has 22 heavy (non-hydrogen) atoms. The van der Waals surface area contributed by atoms with E-state index in [0.29, 0.717) is 23.4 Å². The number of nitrogens with zero attached hydrogens (tertiary/aromatic N) is 6. The van der Waals surface area contributed by atoms with E-state index in [1.165, 1.54) is 6.33 Å². The van der Waals surface area contributed by atoms with Crippen LogP contribution in [0.1, 0.15) is 31.7 Å². The highest BCUT2D eigenvalue weighted by molar-refractivity contribution is 5.81. The first-order chi connectivity index (χ1) is 10.8. The molecule has 7 heteroatoms. The SMILES string of the molecule is N#CC1CCC(N2CCC(n3cnc4c(N)ncnc43)C2)C1. The topological polar surface area (TPSA) is 96.7 Å². The summed E-state index contributed by atoms with van der Waals surface area (Å²) >= 11 is 0. The molecule has 2 aliphatic rings. The van der Waals surface area contributed by atoms with Crippen molar-refractivity contribution < 1.29 is 0 Å². The van der Waals surface area contributed by atoms with Crippen molar-refractivity contribution in [3.05, 3.63) is 12.7 Å². The van der Waals surface area contributed by atoms with Gasteiger partial charge in [0.05, 0.1) is 18.4 Å². The molecule has 1 saturated heterocycles. The van der Waals surface area contributed by atoms with Gasteiger partial charge in [-0.25, -0.2) is 15.0 Å². The maximum Gasteiger partial charge on any atom is 0.165 e. The third-order valence-corrected chi connectivity index (χ3v) is 5.08. The van der Waals surface area contributed by atoms with Crippen molar-refractivity contribution in [2.24, 2.45) is 5.92 Å². The van der Waals surface area contributed by atoms with Crippen molar-refractivity contribution in [3.8, 4) is 6.07 Å². The van der Waals surface area contributed by atoms with E-state index < -0.39 is 0 Å². The van der Waals surface area contributed by atoms with E-state index in [-0.39, 0.29) is 5.92 Å². The summed E-state index contributed by atoms with van der Waals surface area (Å²) in [6, 6.07) is 3.35. The lowest BCUT2D eigenvalue weighted by Gasteiger charge is -2.23. The van der Waals surface area contributed by atoms with Crippen LogP contribution in [0.15, 0.2) is 12.7 Å². The summed E-state index contributed by atoms with van der Waals surface area (Å²) in [5, 5.41) is 9.07. The van der Waals surface area contributed by atoms with Crippen molar-refractivity contribution >= 4 is 17.0 Å². The second-order valence-electron chi connectivity index (χ2n) is 6.31. The molecule has 1 aliphatic heterocycles. The second kappa shape index (κ2) is 5.21. The molecule has 1 saturated carbocycles. The summed E-state index contributed by atoms with van der Waals surface area (Å²) in [6.07, 6.45) is 7.62. The third kappa shape index (κ3) is 2.11. The largest absolute Gasteiger partial charge is 0.382 e. The highest BCUT2D eigenvalue weighted by atomic mass is 15.2. The zero-order valence-corrected chi connectivity index (χ0v) is 12.4. The summed E-state index contributed by atoms with van der Waals surface area (Å²) in [4.78, 5) is 15.2. The molecule has 3 unspecified atom stereocenters. The average molecular weight is 297 g/mol. The number of nitrogen functional groups attached to an aromatic ring is 1. The molecule has 2 aromatic rings. The molecule has 4 rings (SSSR count). The van der Waals surface area contributed by atoms with Crippen LogP contribution in [-0.2, 0) is 0 Å². The molecule has 0 bridgehead atoms. The van der Waals surface area contributed by atoms with Crippen LogP contribution in [-0.4, -0.2) is 43.6 Å². The van der Waals surface area contributed by atoms with Crippen LogP contribution in [0.5, 0.6) is 0 Å². The Balaban J connectivity index is 1.53. The number of anilines is 1. The predicted octanol–water partition coefficient (Wildman–Crippen LogP) is 1.35. The highest BCUT2D eigenvalue weighted by Crippen LogP contribution is 2.34. The Kier molecular flexibility index (Phi) is 3.19. The molecule has 2 N–H and O–H groups in total. The number of aromatic nitrogens is 4. The van der Waals surface area contributed by atoms with Gasteiger partial charge in [-0.3, -0.25) is 4.90 Å². The van der Waals surface area contributed by atoms with Gasteiger partial charge in [0.1, 0.15) is 11.8 Å². The van der Waals surface area contributed by atoms with Crippen LogP contribution in [0.4, 0.5) is 5.82 Å². The van der Waals surface area contributed by atoms with Gasteiger partial charge in [0, 0.05) is 25.0 Å². The van der Waals surface area contributed by atoms with Crippen molar-refractivity contribution in [1.82, 2.24) is 24.4 Å². The number of rotatable bonds is 2. The molecular weight excluding hydrogens is 278 g/mol. The van der Waals surface area contributed by atoms with E-state index in [1.807, 2.05) is 6.33 Å². The number of hydrogen-bond acceptors (Lipinski definition) is 6. The maximum absolute atomic E-state index is 9.07. The minimum absolute atomic E-state index is 0.241. The molecule has 0 radical (unpaired) electrons. The van der Waals surface area contributed by atoms with Gasteiger partial charge in [0.15, 0.2) is 11.5 Å². The van der Waals surface area contributed by atoms with Crippen molar-refractivity contribution in [2.45, 2.75) is 37.8 Å². The molecule has 0 aromatic carbocycles. The quantitative estimate of drug-likeness (QED) is 0.898. The van der Waals surface area contributed by atoms with Crippen molar-refractivity contribution in [2.75, 3.05) is 18.8 Å². The van der Waals surface area contributed by atoms with Gasteiger partial charge in [-0.15, -0.1) is 0 Å². The number of hydrogen-bond donors (Lipinski definition) is 1. The Morgan fingerprint density at radius 3 is 2.91 bits per heavy atom. The monoisotopic (exact) mass is 297 g/mol. The van der Waals surface area contributed by atoms with Gasteiger partial charge >= 0.3 is 0 Å². The molecular formula is C15H19N7. The maximum atomic E-state index is 9.07. The lowest BCUT2D eigenvalue weighted by molar-refractivity contribution is 0.235. The summed E-state index contributed by atoms with van der Waals surface area (Å²) in [6.45, 7) is 2.08. The first-order valence-corrected chi connectivity index (χ1v) is 7.83. The van der Waals surface area contributed by atoms with E-state index in [4.69, 9.17) is 11.0 Å². The highest BCUT2D eigenvalue weighted by Gasteiger charge is 2.34. The van der Waals surface area contributed by atoms with E-state index in [1.54, 1.807) is 0 Å². The van der Waals surface area contributed by atoms with Crippen LogP contribution < -0.4 is 5.73 Å². The Morgan fingerprint density at radius 1 is 1.18 bits per heavy atom. The van der Waals surface area contributed by atoms with E-state index in [0.717, 1.165) is 44.4 Å². The smallest absolute Gasteiger partial charge is 0.165 e. The van der Waals surface area contributed by atoms with E-state index in [9.17, 15) is 0 Å². The normalized spacial score (nSPS) is 29.1. The van der Waals surface area contributed by atoms with Crippen LogP contribution in [0.3, 0.4) is 0 Å². The van der Waals surface area contributed by atoms with Crippen LogP contribution >= 0.6 is 0 Å². The summed E-state index contributed by atoms with van der Waals surface area (Å²) < 4.78 is 2.13. The minimum atomic E-state index is 0.241. The lowest BCUT2D eigenvalue weighted by atomic mass is 10.1. The summed E-state index contributed by atoms with van der Waals surface area (Å²) in [5.41, 5.74) is 7.36. The predicted molar refractivity (Wildman–Crippen MR) is 81.7 cm³/mol. The first-order valence-electron chi connectivity index (χ1n) is 7.83. The van der Waals surface area contributed by atoms with Gasteiger partial charge in [0.25, 0.3) is 0 Å². The number of nitriles is 1. The molecule has 2 aromatic heterocycles. The summed E-state index contributed by atoms with van der Waals surface area (Å²) in [5.74, 6) is 0.678. The standard InChI is InChI=1S/C15H19N7/c16-6-10-1-2-11(5-10)21-4-3-12(7-21)22-9-20-13-14(17)18-8-19-15(13)22/h8-12H,1-5,7H2,(H2,17,18,19). The zero-order chi connectivity index (χ0) is 15.1. The van der Waals surface area contributed by atoms with Gasteiger partial charge < -0.3 is 10.3 Å². The summed E-state index contributed by atoms with van der Waals surface area (Å²) in [7, 11) is 0. The Labute approximate surface area is 128 Å². The van der Waals surface area contributed by atoms with E-state index in [2.05, 4.69) is 30.5 Å². The molecule has 0 spiro atoms. The van der Waals surface area contributed by atoms with Gasteiger partial charge in [-0.1, -0.05) is 0 Å². The van der Waals surface area contributed by atoms with Crippen molar-refractivity contribution in [3.63, 3.8) is 0 Å². The molecule has 3 heterocycles. The van der Waals surface area contributed by atoms with Crippen LogP contribution in [0, 0.1) is 17.2 Å². The molecule has 3 atom stereocenters. The Hall–Kier alpha value is -2.20. The number of fused-ring (bicyclic) bond motifs is 1. The van der Waals surface area contributed by atoms with E-state index >= 15 is 0 Å². The fourth-order valence-electron chi connectivity index (χ4n) is 3.87. The van der Waals surface area contributed by atoms with Gasteiger partial charge in [0.2, 0.25) is 0 Å². The number of nitrogens with two attached hydrogens (primary N) is 1. The molecule has 7 nitrogen and oxygen atoms in total. The minimum Gasteiger partial charge on any atom is -0.382 e. The van der Waals surface area contributed by atoms with Crippen molar-refractivity contribution in [1.29, 1.82) is 5.26 Å². The number of imidazole rings is 1.